The van der Waals surface area contributed by atoms with E-state index in [0.29, 0.717) is 16.4 Å². The van der Waals surface area contributed by atoms with Gasteiger partial charge in [-0.15, -0.1) is 0 Å². The summed E-state index contributed by atoms with van der Waals surface area (Å²) in [6, 6.07) is 11.2. The lowest BCUT2D eigenvalue weighted by Gasteiger charge is -2.26. The maximum absolute atomic E-state index is 12.9. The van der Waals surface area contributed by atoms with Crippen LogP contribution in [0.1, 0.15) is 17.5 Å². The number of nitrogens with zero attached hydrogens (tertiary/aromatic N) is 2. The summed E-state index contributed by atoms with van der Waals surface area (Å²) in [5.41, 5.74) is 3.69. The van der Waals surface area contributed by atoms with Crippen molar-refractivity contribution in [2.75, 3.05) is 30.8 Å². The van der Waals surface area contributed by atoms with Gasteiger partial charge in [-0.05, 0) is 61.0 Å². The molecule has 30 heavy (non-hydrogen) atoms. The van der Waals surface area contributed by atoms with E-state index in [1.807, 2.05) is 18.2 Å². The lowest BCUT2D eigenvalue weighted by Crippen LogP contribution is -2.45. The third-order valence-electron chi connectivity index (χ3n) is 5.48. The second-order valence-electron chi connectivity index (χ2n) is 7.78. The zero-order valence-electron chi connectivity index (χ0n) is 16.7. The molecule has 2 aromatic rings. The molecule has 0 unspecified atom stereocenters. The molecule has 7 nitrogen and oxygen atoms in total. The first kappa shape index (κ1) is 20.4. The number of ketones is 1. The Morgan fingerprint density at radius 3 is 2.50 bits per heavy atom. The number of hydrogen-bond donors (Lipinski definition) is 2. The van der Waals surface area contributed by atoms with E-state index in [9.17, 15) is 14.4 Å². The monoisotopic (exact) mass is 426 g/mol. The van der Waals surface area contributed by atoms with Crippen molar-refractivity contribution in [1.82, 2.24) is 9.80 Å². The van der Waals surface area contributed by atoms with Crippen molar-refractivity contribution in [3.8, 4) is 0 Å². The Morgan fingerprint density at radius 1 is 1.00 bits per heavy atom. The molecule has 0 spiro atoms. The van der Waals surface area contributed by atoms with Crippen LogP contribution < -0.4 is 10.6 Å². The number of fused-ring (bicyclic) bond motifs is 1. The number of benzene rings is 2. The summed E-state index contributed by atoms with van der Waals surface area (Å²) < 4.78 is 0. The third-order valence-corrected chi connectivity index (χ3v) is 5.73. The van der Waals surface area contributed by atoms with Gasteiger partial charge >= 0.3 is 6.03 Å². The predicted octanol–water partition coefficient (Wildman–Crippen LogP) is 3.14. The summed E-state index contributed by atoms with van der Waals surface area (Å²) >= 11 is 5.86. The molecule has 8 heteroatoms. The number of carbonyl (C=O) groups is 3. The highest BCUT2D eigenvalue weighted by Crippen LogP contribution is 2.24. The van der Waals surface area contributed by atoms with Crippen molar-refractivity contribution in [3.05, 3.63) is 58.6 Å². The van der Waals surface area contributed by atoms with Crippen molar-refractivity contribution in [1.29, 1.82) is 0 Å². The van der Waals surface area contributed by atoms with Gasteiger partial charge in [0.2, 0.25) is 5.91 Å². The lowest BCUT2D eigenvalue weighted by molar-refractivity contribution is -0.121. The van der Waals surface area contributed by atoms with Gasteiger partial charge in [-0.1, -0.05) is 17.7 Å². The van der Waals surface area contributed by atoms with Crippen molar-refractivity contribution in [3.63, 3.8) is 0 Å². The molecule has 2 aliphatic heterocycles. The molecular formula is C22H23ClN4O3. The molecule has 4 rings (SSSR count). The number of anilines is 2. The van der Waals surface area contributed by atoms with Gasteiger partial charge < -0.3 is 20.4 Å². The minimum Gasteiger partial charge on any atom is -0.324 e. The van der Waals surface area contributed by atoms with Crippen LogP contribution in [0, 0.1) is 0 Å². The number of carbonyl (C=O) groups excluding carboxylic acids is 3. The molecule has 156 valence electrons. The zero-order chi connectivity index (χ0) is 21.3. The fourth-order valence-electron chi connectivity index (χ4n) is 3.86. The molecule has 2 aliphatic rings. The minimum absolute atomic E-state index is 0.00953. The van der Waals surface area contributed by atoms with Crippen molar-refractivity contribution in [2.45, 2.75) is 25.4 Å². The molecule has 1 atom stereocenters. The van der Waals surface area contributed by atoms with Crippen LogP contribution in [0.15, 0.2) is 42.5 Å². The van der Waals surface area contributed by atoms with Gasteiger partial charge in [-0.25, -0.2) is 4.79 Å². The largest absolute Gasteiger partial charge is 0.324 e. The number of Topliss-reactive ketones (excluding diaryl/α,β-unsaturated/α-hetero) is 1. The number of hydrogen-bond acceptors (Lipinski definition) is 4. The highest BCUT2D eigenvalue weighted by molar-refractivity contribution is 6.30. The van der Waals surface area contributed by atoms with Crippen molar-refractivity contribution in [2.24, 2.45) is 0 Å². The molecule has 2 heterocycles. The molecule has 2 aromatic carbocycles. The molecule has 0 saturated carbocycles. The Bertz CT molecular complexity index is 992. The molecule has 0 aromatic heterocycles. The van der Waals surface area contributed by atoms with E-state index in [-0.39, 0.29) is 24.7 Å². The summed E-state index contributed by atoms with van der Waals surface area (Å²) in [5.74, 6) is -0.505. The first-order valence-corrected chi connectivity index (χ1v) is 10.2. The van der Waals surface area contributed by atoms with Crippen LogP contribution in [0.5, 0.6) is 0 Å². The van der Waals surface area contributed by atoms with Gasteiger partial charge in [-0.2, -0.15) is 0 Å². The van der Waals surface area contributed by atoms with Crippen LogP contribution in [0.3, 0.4) is 0 Å². The number of amides is 3. The first-order valence-electron chi connectivity index (χ1n) is 9.85. The van der Waals surface area contributed by atoms with E-state index in [2.05, 4.69) is 22.6 Å². The van der Waals surface area contributed by atoms with E-state index in [1.165, 1.54) is 16.0 Å². The van der Waals surface area contributed by atoms with Crippen LogP contribution >= 0.6 is 11.6 Å². The maximum Gasteiger partial charge on any atom is 0.322 e. The SMILES string of the molecule is CN1CCc2cc(NC(=O)[C@H]3CC(=O)CN3C(=O)Nc3ccc(Cl)cc3)ccc2C1. The lowest BCUT2D eigenvalue weighted by atomic mass is 9.99. The maximum atomic E-state index is 12.9. The van der Waals surface area contributed by atoms with Crippen molar-refractivity contribution >= 4 is 40.7 Å². The Hall–Kier alpha value is -2.90. The van der Waals surface area contributed by atoms with Crippen LogP contribution in [0.4, 0.5) is 16.2 Å². The minimum atomic E-state index is -0.841. The molecule has 0 bridgehead atoms. The highest BCUT2D eigenvalue weighted by Gasteiger charge is 2.39. The molecule has 0 aliphatic carbocycles. The summed E-state index contributed by atoms with van der Waals surface area (Å²) in [6.45, 7) is 1.77. The second kappa shape index (κ2) is 8.45. The van der Waals surface area contributed by atoms with Gasteiger partial charge in [0, 0.05) is 35.9 Å². The number of halogens is 1. The zero-order valence-corrected chi connectivity index (χ0v) is 17.4. The molecule has 2 N–H and O–H groups in total. The highest BCUT2D eigenvalue weighted by atomic mass is 35.5. The summed E-state index contributed by atoms with van der Waals surface area (Å²) in [6.07, 6.45) is 0.933. The van der Waals surface area contributed by atoms with Crippen LogP contribution in [0.2, 0.25) is 5.02 Å². The average Bonchev–Trinajstić information content (AvgIpc) is 3.12. The Morgan fingerprint density at radius 2 is 1.73 bits per heavy atom. The van der Waals surface area contributed by atoms with Gasteiger partial charge in [0.15, 0.2) is 5.78 Å². The summed E-state index contributed by atoms with van der Waals surface area (Å²) in [4.78, 5) is 41.1. The van der Waals surface area contributed by atoms with Crippen LogP contribution in [-0.2, 0) is 22.6 Å². The summed E-state index contributed by atoms with van der Waals surface area (Å²) in [5, 5.41) is 6.15. The van der Waals surface area contributed by atoms with E-state index in [1.54, 1.807) is 24.3 Å². The van der Waals surface area contributed by atoms with Crippen LogP contribution in [0.25, 0.3) is 0 Å². The smallest absolute Gasteiger partial charge is 0.322 e. The Balaban J connectivity index is 1.45. The quantitative estimate of drug-likeness (QED) is 0.790. The summed E-state index contributed by atoms with van der Waals surface area (Å²) in [7, 11) is 2.08. The van der Waals surface area contributed by atoms with E-state index < -0.39 is 12.1 Å². The number of nitrogens with one attached hydrogen (secondary N) is 2. The molecular weight excluding hydrogens is 404 g/mol. The standard InChI is InChI=1S/C22H23ClN4O3/c1-26-9-8-14-10-18(5-2-15(14)12-26)24-21(29)20-11-19(28)13-27(20)22(30)25-17-6-3-16(23)4-7-17/h2-7,10,20H,8-9,11-13H2,1H3,(H,24,29)(H,25,30)/t20-/m1/s1. The number of rotatable bonds is 3. The number of likely N-dealkylation sites (N-methyl/N-ethyl adjacent to an activating group) is 1. The molecule has 1 fully saturated rings. The van der Waals surface area contributed by atoms with Gasteiger partial charge in [0.1, 0.15) is 6.04 Å². The number of urea groups is 1. The molecule has 3 amide bonds. The van der Waals surface area contributed by atoms with E-state index in [0.717, 1.165) is 19.5 Å². The first-order chi connectivity index (χ1) is 14.4. The Kier molecular flexibility index (Phi) is 5.74. The van der Waals surface area contributed by atoms with E-state index >= 15 is 0 Å². The number of likely N-dealkylation sites (tertiary alicyclic amines) is 1. The fourth-order valence-corrected chi connectivity index (χ4v) is 3.99. The third kappa shape index (κ3) is 4.47. The molecule has 0 radical (unpaired) electrons. The van der Waals surface area contributed by atoms with Crippen molar-refractivity contribution < 1.29 is 14.4 Å². The average molecular weight is 427 g/mol. The molecule has 1 saturated heterocycles. The normalized spacial score (nSPS) is 18.8. The topological polar surface area (TPSA) is 81.8 Å². The fraction of sp³-hybridized carbons (Fsp3) is 0.318. The van der Waals surface area contributed by atoms with E-state index in [4.69, 9.17) is 11.6 Å². The van der Waals surface area contributed by atoms with Gasteiger partial charge in [-0.3, -0.25) is 9.59 Å². The predicted molar refractivity (Wildman–Crippen MR) is 116 cm³/mol. The van der Waals surface area contributed by atoms with Gasteiger partial charge in [0.05, 0.1) is 6.54 Å². The van der Waals surface area contributed by atoms with Gasteiger partial charge in [0.25, 0.3) is 0 Å². The second-order valence-corrected chi connectivity index (χ2v) is 8.22. The Labute approximate surface area is 180 Å². The van der Waals surface area contributed by atoms with Crippen LogP contribution in [-0.4, -0.2) is 53.7 Å².